The summed E-state index contributed by atoms with van der Waals surface area (Å²) < 4.78 is 26.3. The Bertz CT molecular complexity index is 770. The van der Waals surface area contributed by atoms with E-state index in [0.717, 1.165) is 12.8 Å². The van der Waals surface area contributed by atoms with Crippen LogP contribution in [0.25, 0.3) is 0 Å². The smallest absolute Gasteiger partial charge is 0.269 e. The molecule has 9 nitrogen and oxygen atoms in total. The monoisotopic (exact) mass is 382 g/mol. The fraction of sp³-hybridized carbons (Fsp3) is 0.438. The fourth-order valence-corrected chi connectivity index (χ4v) is 3.99. The lowest BCUT2D eigenvalue weighted by molar-refractivity contribution is -0.122. The molecule has 1 heterocycles. The standard InChI is InChI=1S/C16H22N4O5S/c1-12(21)17-9-8-15(22)18-19-16(23)13-4-6-14(7-5-13)26(24,25)20-10-2-3-11-20/h4-7H,2-3,8-11H2,1H3,(H,17,21)(H,18,22)(H,19,23). The van der Waals surface area contributed by atoms with E-state index in [0.29, 0.717) is 13.1 Å². The maximum atomic E-state index is 12.4. The summed E-state index contributed by atoms with van der Waals surface area (Å²) >= 11 is 0. The molecule has 1 aliphatic rings. The Labute approximate surface area is 152 Å². The van der Waals surface area contributed by atoms with Gasteiger partial charge in [-0.05, 0) is 37.1 Å². The molecule has 1 aromatic rings. The van der Waals surface area contributed by atoms with Crippen LogP contribution in [0, 0.1) is 0 Å². The van der Waals surface area contributed by atoms with Crippen molar-refractivity contribution in [1.82, 2.24) is 20.5 Å². The predicted molar refractivity (Wildman–Crippen MR) is 93.3 cm³/mol. The van der Waals surface area contributed by atoms with Crippen molar-refractivity contribution in [1.29, 1.82) is 0 Å². The van der Waals surface area contributed by atoms with Gasteiger partial charge in [0, 0.05) is 38.5 Å². The molecule has 1 aromatic carbocycles. The Morgan fingerprint density at radius 2 is 1.65 bits per heavy atom. The average molecular weight is 382 g/mol. The van der Waals surface area contributed by atoms with Gasteiger partial charge in [0.05, 0.1) is 4.90 Å². The van der Waals surface area contributed by atoms with Gasteiger partial charge in [0.25, 0.3) is 5.91 Å². The van der Waals surface area contributed by atoms with Crippen LogP contribution < -0.4 is 16.2 Å². The number of amides is 3. The normalized spacial score (nSPS) is 14.7. The van der Waals surface area contributed by atoms with Gasteiger partial charge >= 0.3 is 0 Å². The first kappa shape index (κ1) is 19.9. The largest absolute Gasteiger partial charge is 0.356 e. The van der Waals surface area contributed by atoms with Crippen LogP contribution in [-0.2, 0) is 19.6 Å². The molecule has 26 heavy (non-hydrogen) atoms. The zero-order chi connectivity index (χ0) is 19.2. The van der Waals surface area contributed by atoms with E-state index in [-0.39, 0.29) is 29.3 Å². The maximum Gasteiger partial charge on any atom is 0.269 e. The number of carbonyl (C=O) groups excluding carboxylic acids is 3. The quantitative estimate of drug-likeness (QED) is 0.586. The summed E-state index contributed by atoms with van der Waals surface area (Å²) in [4.78, 5) is 34.4. The van der Waals surface area contributed by atoms with E-state index in [1.54, 1.807) is 0 Å². The van der Waals surface area contributed by atoms with Crippen LogP contribution in [0.1, 0.15) is 36.5 Å². The number of rotatable bonds is 6. The maximum absolute atomic E-state index is 12.4. The molecule has 0 radical (unpaired) electrons. The number of hydrogen-bond donors (Lipinski definition) is 3. The molecule has 0 unspecified atom stereocenters. The summed E-state index contributed by atoms with van der Waals surface area (Å²) in [6, 6.07) is 5.53. The number of benzene rings is 1. The molecule has 0 saturated carbocycles. The first-order valence-corrected chi connectivity index (χ1v) is 9.68. The second kappa shape index (κ2) is 8.77. The van der Waals surface area contributed by atoms with Gasteiger partial charge in [-0.15, -0.1) is 0 Å². The number of nitrogens with one attached hydrogen (secondary N) is 3. The topological polar surface area (TPSA) is 125 Å². The number of carbonyl (C=O) groups is 3. The Kier molecular flexibility index (Phi) is 6.70. The Morgan fingerprint density at radius 1 is 1.04 bits per heavy atom. The van der Waals surface area contributed by atoms with Crippen molar-refractivity contribution in [2.45, 2.75) is 31.1 Å². The van der Waals surface area contributed by atoms with Crippen molar-refractivity contribution in [2.75, 3.05) is 19.6 Å². The molecule has 0 spiro atoms. The Balaban J connectivity index is 1.88. The highest BCUT2D eigenvalue weighted by molar-refractivity contribution is 7.89. The van der Waals surface area contributed by atoms with E-state index >= 15 is 0 Å². The third-order valence-corrected chi connectivity index (χ3v) is 5.77. The van der Waals surface area contributed by atoms with Gasteiger partial charge in [0.1, 0.15) is 0 Å². The fourth-order valence-electron chi connectivity index (χ4n) is 2.47. The lowest BCUT2D eigenvalue weighted by atomic mass is 10.2. The van der Waals surface area contributed by atoms with Gasteiger partial charge in [-0.1, -0.05) is 0 Å². The van der Waals surface area contributed by atoms with Crippen LogP contribution in [0.5, 0.6) is 0 Å². The summed E-state index contributed by atoms with van der Waals surface area (Å²) in [6.07, 6.45) is 1.72. The minimum Gasteiger partial charge on any atom is -0.356 e. The van der Waals surface area contributed by atoms with Crippen LogP contribution in [0.2, 0.25) is 0 Å². The number of nitrogens with zero attached hydrogens (tertiary/aromatic N) is 1. The summed E-state index contributed by atoms with van der Waals surface area (Å²) in [5, 5.41) is 2.47. The van der Waals surface area contributed by atoms with E-state index in [1.807, 2.05) is 0 Å². The highest BCUT2D eigenvalue weighted by Gasteiger charge is 2.27. The second-order valence-electron chi connectivity index (χ2n) is 5.87. The molecule has 1 fully saturated rings. The van der Waals surface area contributed by atoms with Gasteiger partial charge < -0.3 is 5.32 Å². The minimum absolute atomic E-state index is 0.0207. The zero-order valence-electron chi connectivity index (χ0n) is 14.4. The van der Waals surface area contributed by atoms with Crippen molar-refractivity contribution in [3.05, 3.63) is 29.8 Å². The molecule has 3 amide bonds. The van der Waals surface area contributed by atoms with Crippen LogP contribution in [0.4, 0.5) is 0 Å². The van der Waals surface area contributed by atoms with Crippen LogP contribution in [0.3, 0.4) is 0 Å². The average Bonchev–Trinajstić information content (AvgIpc) is 3.15. The summed E-state index contributed by atoms with van der Waals surface area (Å²) in [5.74, 6) is -1.27. The van der Waals surface area contributed by atoms with E-state index in [4.69, 9.17) is 0 Å². The first-order chi connectivity index (χ1) is 12.3. The molecule has 0 bridgehead atoms. The van der Waals surface area contributed by atoms with E-state index in [9.17, 15) is 22.8 Å². The molecule has 10 heteroatoms. The lowest BCUT2D eigenvalue weighted by Crippen LogP contribution is -2.42. The predicted octanol–water partition coefficient (Wildman–Crippen LogP) is -0.242. The van der Waals surface area contributed by atoms with Gasteiger partial charge in [0.2, 0.25) is 21.8 Å². The molecule has 1 aliphatic heterocycles. The van der Waals surface area contributed by atoms with Gasteiger partial charge in [-0.3, -0.25) is 25.2 Å². The Morgan fingerprint density at radius 3 is 2.23 bits per heavy atom. The molecule has 0 atom stereocenters. The molecule has 3 N–H and O–H groups in total. The van der Waals surface area contributed by atoms with Crippen molar-refractivity contribution < 1.29 is 22.8 Å². The summed E-state index contributed by atoms with van der Waals surface area (Å²) in [5.41, 5.74) is 4.68. The summed E-state index contributed by atoms with van der Waals surface area (Å²) in [7, 11) is -3.53. The second-order valence-corrected chi connectivity index (χ2v) is 7.81. The highest BCUT2D eigenvalue weighted by Crippen LogP contribution is 2.20. The number of hydrogen-bond acceptors (Lipinski definition) is 5. The zero-order valence-corrected chi connectivity index (χ0v) is 15.3. The van der Waals surface area contributed by atoms with Crippen molar-refractivity contribution >= 4 is 27.7 Å². The van der Waals surface area contributed by atoms with Crippen LogP contribution in [0.15, 0.2) is 29.2 Å². The third kappa shape index (κ3) is 5.27. The van der Waals surface area contributed by atoms with E-state index < -0.39 is 21.8 Å². The minimum atomic E-state index is -3.53. The molecule has 0 aromatic heterocycles. The number of sulfonamides is 1. The molecule has 0 aliphatic carbocycles. The van der Waals surface area contributed by atoms with Crippen LogP contribution in [-0.4, -0.2) is 50.1 Å². The van der Waals surface area contributed by atoms with Crippen molar-refractivity contribution in [3.8, 4) is 0 Å². The first-order valence-electron chi connectivity index (χ1n) is 8.24. The SMILES string of the molecule is CC(=O)NCCC(=O)NNC(=O)c1ccc(S(=O)(=O)N2CCCC2)cc1. The molecule has 2 rings (SSSR count). The molecular formula is C16H22N4O5S. The molecule has 1 saturated heterocycles. The number of hydrazine groups is 1. The highest BCUT2D eigenvalue weighted by atomic mass is 32.2. The molecular weight excluding hydrogens is 360 g/mol. The van der Waals surface area contributed by atoms with Crippen molar-refractivity contribution in [3.63, 3.8) is 0 Å². The third-order valence-electron chi connectivity index (χ3n) is 3.86. The van der Waals surface area contributed by atoms with Crippen molar-refractivity contribution in [2.24, 2.45) is 0 Å². The van der Waals surface area contributed by atoms with Gasteiger partial charge in [-0.25, -0.2) is 8.42 Å². The summed E-state index contributed by atoms with van der Waals surface area (Å²) in [6.45, 7) is 2.53. The van der Waals surface area contributed by atoms with Gasteiger partial charge in [-0.2, -0.15) is 4.31 Å². The van der Waals surface area contributed by atoms with Gasteiger partial charge in [0.15, 0.2) is 0 Å². The Hall–Kier alpha value is -2.46. The lowest BCUT2D eigenvalue weighted by Gasteiger charge is -2.15. The molecule has 142 valence electrons. The van der Waals surface area contributed by atoms with Crippen LogP contribution >= 0.6 is 0 Å². The van der Waals surface area contributed by atoms with E-state index in [2.05, 4.69) is 16.2 Å². The van der Waals surface area contributed by atoms with E-state index in [1.165, 1.54) is 35.5 Å².